The summed E-state index contributed by atoms with van der Waals surface area (Å²) in [5.74, 6) is -0.213. The molecule has 2 amide bonds. The molecule has 2 aromatic carbocycles. The first-order valence-corrected chi connectivity index (χ1v) is 14.2. The molecule has 222 valence electrons. The average Bonchev–Trinajstić information content (AvgIpc) is 3.67. The third-order valence-electron chi connectivity index (χ3n) is 8.08. The number of carbonyl (C=O) groups excluding carboxylic acids is 2. The van der Waals surface area contributed by atoms with Crippen LogP contribution in [-0.4, -0.2) is 89.4 Å². The zero-order valence-corrected chi connectivity index (χ0v) is 23.3. The monoisotopic (exact) mass is 577 g/mol. The predicted octanol–water partition coefficient (Wildman–Crippen LogP) is 1.61. The number of amides is 2. The van der Waals surface area contributed by atoms with Crippen molar-refractivity contribution in [2.24, 2.45) is 0 Å². The van der Waals surface area contributed by atoms with Crippen LogP contribution in [0.2, 0.25) is 0 Å². The molecule has 1 aliphatic carbocycles. The minimum absolute atomic E-state index is 0.161. The maximum atomic E-state index is 13.2. The van der Waals surface area contributed by atoms with E-state index in [9.17, 15) is 24.9 Å². The lowest BCUT2D eigenvalue weighted by atomic mass is 10.1. The van der Waals surface area contributed by atoms with E-state index in [1.54, 1.807) is 18.2 Å². The van der Waals surface area contributed by atoms with Gasteiger partial charge in [-0.3, -0.25) is 9.59 Å². The van der Waals surface area contributed by atoms with Crippen LogP contribution in [0.4, 0.5) is 17.1 Å². The Hall–Kier alpha value is -3.97. The smallest absolute Gasteiger partial charge is 0.277 e. The fourth-order valence-corrected chi connectivity index (χ4v) is 5.49. The van der Waals surface area contributed by atoms with Crippen molar-refractivity contribution in [1.82, 2.24) is 10.3 Å². The predicted molar refractivity (Wildman–Crippen MR) is 154 cm³/mol. The zero-order chi connectivity index (χ0) is 29.4. The van der Waals surface area contributed by atoms with Gasteiger partial charge in [0.25, 0.3) is 11.8 Å². The number of anilines is 3. The minimum atomic E-state index is -1.40. The highest BCUT2D eigenvalue weighted by atomic mass is 16.6. The zero-order valence-electron chi connectivity index (χ0n) is 23.3. The molecule has 3 heterocycles. The fraction of sp³-hybridized carbons (Fsp3) is 0.433. The number of piperazine rings is 1. The lowest BCUT2D eigenvalue weighted by Crippen LogP contribution is -2.47. The van der Waals surface area contributed by atoms with Crippen LogP contribution in [0.25, 0.3) is 0 Å². The normalized spacial score (nSPS) is 24.1. The molecule has 12 heteroatoms. The van der Waals surface area contributed by atoms with Gasteiger partial charge in [-0.05, 0) is 49.6 Å². The maximum Gasteiger partial charge on any atom is 0.277 e. The molecule has 0 radical (unpaired) electrons. The van der Waals surface area contributed by atoms with Crippen LogP contribution < -0.4 is 20.4 Å². The Morgan fingerprint density at radius 1 is 0.976 bits per heavy atom. The molecule has 4 atom stereocenters. The van der Waals surface area contributed by atoms with Crippen molar-refractivity contribution in [3.8, 4) is 0 Å². The second-order valence-electron chi connectivity index (χ2n) is 11.0. The number of ether oxygens (including phenoxy) is 1. The molecule has 0 bridgehead atoms. The number of aromatic nitrogens is 1. The highest BCUT2D eigenvalue weighted by molar-refractivity contribution is 6.06. The Labute approximate surface area is 242 Å². The number of benzene rings is 2. The Morgan fingerprint density at radius 3 is 2.36 bits per heavy atom. The number of carbonyl (C=O) groups is 2. The van der Waals surface area contributed by atoms with Gasteiger partial charge in [0.1, 0.15) is 24.6 Å². The number of aryl methyl sites for hydroxylation is 1. The number of oxazole rings is 1. The van der Waals surface area contributed by atoms with Gasteiger partial charge in [-0.15, -0.1) is 0 Å². The summed E-state index contributed by atoms with van der Waals surface area (Å²) < 4.78 is 10.9. The van der Waals surface area contributed by atoms with E-state index in [2.05, 4.69) is 44.5 Å². The Balaban J connectivity index is 1.22. The molecule has 2 saturated heterocycles. The Morgan fingerprint density at radius 2 is 1.69 bits per heavy atom. The first-order valence-electron chi connectivity index (χ1n) is 14.2. The van der Waals surface area contributed by atoms with Gasteiger partial charge in [0, 0.05) is 43.3 Å². The van der Waals surface area contributed by atoms with E-state index in [1.807, 2.05) is 12.1 Å². The SMILES string of the molecule is Cc1ccccc1N1CCN(c2ccc(C(=O)N[C@H]3O[C@@H](CO)C(O)C3O)cc2NC(=O)c2coc(C3CC3)n2)CC1. The molecule has 6 rings (SSSR count). The number of rotatable bonds is 8. The molecule has 5 N–H and O–H groups in total. The van der Waals surface area contributed by atoms with E-state index < -0.39 is 43.0 Å². The van der Waals surface area contributed by atoms with E-state index in [0.29, 0.717) is 24.7 Å². The lowest BCUT2D eigenvalue weighted by molar-refractivity contribution is -0.0304. The van der Waals surface area contributed by atoms with E-state index >= 15 is 0 Å². The van der Waals surface area contributed by atoms with Crippen LogP contribution in [0.3, 0.4) is 0 Å². The van der Waals surface area contributed by atoms with Crippen LogP contribution in [-0.2, 0) is 4.74 Å². The summed E-state index contributed by atoms with van der Waals surface area (Å²) >= 11 is 0. The average molecular weight is 578 g/mol. The summed E-state index contributed by atoms with van der Waals surface area (Å²) in [6.45, 7) is 4.54. The number of para-hydroxylation sites is 1. The van der Waals surface area contributed by atoms with Crippen LogP contribution in [0.5, 0.6) is 0 Å². The third-order valence-corrected chi connectivity index (χ3v) is 8.08. The van der Waals surface area contributed by atoms with Crippen molar-refractivity contribution in [2.45, 2.75) is 50.2 Å². The number of hydrogen-bond acceptors (Lipinski definition) is 10. The van der Waals surface area contributed by atoms with Crippen molar-refractivity contribution in [3.63, 3.8) is 0 Å². The first kappa shape index (κ1) is 28.2. The summed E-state index contributed by atoms with van der Waals surface area (Å²) in [6.07, 6.45) is -1.61. The van der Waals surface area contributed by atoms with Gasteiger partial charge in [0.2, 0.25) is 0 Å². The van der Waals surface area contributed by atoms with E-state index in [0.717, 1.165) is 31.6 Å². The van der Waals surface area contributed by atoms with Crippen molar-refractivity contribution >= 4 is 28.9 Å². The molecule has 2 unspecified atom stereocenters. The van der Waals surface area contributed by atoms with Crippen molar-refractivity contribution in [3.05, 3.63) is 71.4 Å². The molecular formula is C30H35N5O7. The summed E-state index contributed by atoms with van der Waals surface area (Å²) in [7, 11) is 0. The van der Waals surface area contributed by atoms with Crippen molar-refractivity contribution in [1.29, 1.82) is 0 Å². The summed E-state index contributed by atoms with van der Waals surface area (Å²) in [6, 6.07) is 13.3. The van der Waals surface area contributed by atoms with Crippen LogP contribution in [0, 0.1) is 6.92 Å². The lowest BCUT2D eigenvalue weighted by Gasteiger charge is -2.38. The molecule has 42 heavy (non-hydrogen) atoms. The van der Waals surface area contributed by atoms with Gasteiger partial charge in [-0.2, -0.15) is 0 Å². The second-order valence-corrected chi connectivity index (χ2v) is 11.0. The van der Waals surface area contributed by atoms with Gasteiger partial charge in [-0.1, -0.05) is 18.2 Å². The van der Waals surface area contributed by atoms with E-state index in [-0.39, 0.29) is 17.2 Å². The highest BCUT2D eigenvalue weighted by Gasteiger charge is 2.43. The van der Waals surface area contributed by atoms with Crippen molar-refractivity contribution in [2.75, 3.05) is 47.9 Å². The quantitative estimate of drug-likeness (QED) is 0.266. The molecule has 1 aromatic heterocycles. The van der Waals surface area contributed by atoms with Crippen LogP contribution >= 0.6 is 0 Å². The number of aliphatic hydroxyl groups is 3. The Kier molecular flexibility index (Phi) is 7.86. The second kappa shape index (κ2) is 11.7. The number of hydrogen-bond donors (Lipinski definition) is 5. The van der Waals surface area contributed by atoms with Gasteiger partial charge in [0.15, 0.2) is 17.8 Å². The van der Waals surface area contributed by atoms with Gasteiger partial charge < -0.3 is 44.9 Å². The molecule has 12 nitrogen and oxygen atoms in total. The molecule has 3 aliphatic rings. The first-order chi connectivity index (χ1) is 20.3. The standard InChI is InChI=1S/C30H35N5O7/c1-17-4-2-3-5-22(17)34-10-12-35(13-11-34)23-9-8-19(27(39)33-30-26(38)25(37)24(15-36)42-30)14-20(23)31-28(40)21-16-41-29(32-21)18-6-7-18/h2-5,8-9,14,16,18,24-26,30,36-38H,6-7,10-13,15H2,1H3,(H,31,40)(H,33,39)/t24-,25?,26?,30-/m0/s1. The fourth-order valence-electron chi connectivity index (χ4n) is 5.49. The third kappa shape index (κ3) is 5.71. The number of nitrogens with zero attached hydrogens (tertiary/aromatic N) is 3. The number of nitrogens with one attached hydrogen (secondary N) is 2. The summed E-state index contributed by atoms with van der Waals surface area (Å²) in [5.41, 5.74) is 3.96. The van der Waals surface area contributed by atoms with E-state index in [4.69, 9.17) is 9.15 Å². The van der Waals surface area contributed by atoms with Gasteiger partial charge in [0.05, 0.1) is 18.0 Å². The largest absolute Gasteiger partial charge is 0.448 e. The Bertz CT molecular complexity index is 1450. The summed E-state index contributed by atoms with van der Waals surface area (Å²) in [5, 5.41) is 35.1. The molecule has 3 aromatic rings. The van der Waals surface area contributed by atoms with Crippen LogP contribution in [0.15, 0.2) is 53.1 Å². The molecule has 3 fully saturated rings. The van der Waals surface area contributed by atoms with E-state index in [1.165, 1.54) is 17.5 Å². The molecule has 2 aliphatic heterocycles. The highest BCUT2D eigenvalue weighted by Crippen LogP contribution is 2.39. The minimum Gasteiger partial charge on any atom is -0.448 e. The molecule has 0 spiro atoms. The maximum absolute atomic E-state index is 13.2. The molecular weight excluding hydrogens is 542 g/mol. The van der Waals surface area contributed by atoms with Crippen LogP contribution in [0.1, 0.15) is 51.1 Å². The summed E-state index contributed by atoms with van der Waals surface area (Å²) in [4.78, 5) is 35.2. The number of aliphatic hydroxyl groups excluding tert-OH is 3. The van der Waals surface area contributed by atoms with Gasteiger partial charge in [-0.25, -0.2) is 4.98 Å². The topological polar surface area (TPSA) is 161 Å². The van der Waals surface area contributed by atoms with Gasteiger partial charge >= 0.3 is 0 Å². The van der Waals surface area contributed by atoms with Crippen molar-refractivity contribution < 1.29 is 34.1 Å². The molecule has 1 saturated carbocycles.